The van der Waals surface area contributed by atoms with Crippen molar-refractivity contribution >= 4 is 16.8 Å². The van der Waals surface area contributed by atoms with Gasteiger partial charge in [0.05, 0.1) is 29.4 Å². The second-order valence-electron chi connectivity index (χ2n) is 7.51. The SMILES string of the molecule is CC(C)NC(=O)CC1CN(Cc2ccc3ccccc3n2)Cc2ccnn21. The first-order valence-corrected chi connectivity index (χ1v) is 9.47. The van der Waals surface area contributed by atoms with E-state index < -0.39 is 0 Å². The maximum atomic E-state index is 12.3. The van der Waals surface area contributed by atoms with E-state index in [-0.39, 0.29) is 18.0 Å². The predicted molar refractivity (Wildman–Crippen MR) is 105 cm³/mol. The van der Waals surface area contributed by atoms with Gasteiger partial charge in [-0.25, -0.2) is 0 Å². The van der Waals surface area contributed by atoms with Gasteiger partial charge in [0.2, 0.25) is 5.91 Å². The van der Waals surface area contributed by atoms with Gasteiger partial charge in [-0.3, -0.25) is 19.4 Å². The quantitative estimate of drug-likeness (QED) is 0.757. The summed E-state index contributed by atoms with van der Waals surface area (Å²) in [7, 11) is 0. The molecule has 27 heavy (non-hydrogen) atoms. The third kappa shape index (κ3) is 4.01. The number of rotatable bonds is 5. The number of pyridine rings is 1. The van der Waals surface area contributed by atoms with Gasteiger partial charge in [-0.15, -0.1) is 0 Å². The number of fused-ring (bicyclic) bond motifs is 2. The van der Waals surface area contributed by atoms with Crippen molar-refractivity contribution in [1.82, 2.24) is 25.0 Å². The topological polar surface area (TPSA) is 63.1 Å². The molecule has 2 aromatic heterocycles. The predicted octanol–water partition coefficient (Wildman–Crippen LogP) is 2.90. The van der Waals surface area contributed by atoms with E-state index in [0.717, 1.165) is 41.9 Å². The van der Waals surface area contributed by atoms with Crippen molar-refractivity contribution in [2.45, 2.75) is 45.4 Å². The standard InChI is InChI=1S/C21H25N5O/c1-15(2)23-21(27)11-19-14-25(13-18-9-10-22-26(18)19)12-17-8-7-16-5-3-4-6-20(16)24-17/h3-10,15,19H,11-14H2,1-2H3,(H,23,27). The van der Waals surface area contributed by atoms with E-state index in [1.165, 1.54) is 0 Å². The zero-order valence-electron chi connectivity index (χ0n) is 15.8. The number of hydrogen-bond donors (Lipinski definition) is 1. The van der Waals surface area contributed by atoms with Crippen LogP contribution in [0.15, 0.2) is 48.7 Å². The minimum Gasteiger partial charge on any atom is -0.354 e. The Bertz CT molecular complexity index is 948. The molecular weight excluding hydrogens is 338 g/mol. The van der Waals surface area contributed by atoms with E-state index in [2.05, 4.69) is 33.5 Å². The Labute approximate surface area is 159 Å². The van der Waals surface area contributed by atoms with Crippen LogP contribution in [0.3, 0.4) is 0 Å². The summed E-state index contributed by atoms with van der Waals surface area (Å²) in [6, 6.07) is 14.6. The van der Waals surface area contributed by atoms with Crippen LogP contribution in [0.2, 0.25) is 0 Å². The normalized spacial score (nSPS) is 17.2. The molecule has 0 saturated heterocycles. The van der Waals surface area contributed by atoms with Crippen molar-refractivity contribution in [2.75, 3.05) is 6.54 Å². The minimum atomic E-state index is 0.0444. The Morgan fingerprint density at radius 2 is 2.07 bits per heavy atom. The van der Waals surface area contributed by atoms with Crippen molar-refractivity contribution in [2.24, 2.45) is 0 Å². The largest absolute Gasteiger partial charge is 0.354 e. The maximum Gasteiger partial charge on any atom is 0.222 e. The molecule has 6 nitrogen and oxygen atoms in total. The van der Waals surface area contributed by atoms with Gasteiger partial charge in [0.15, 0.2) is 0 Å². The molecule has 0 bridgehead atoms. The zero-order chi connectivity index (χ0) is 18.8. The van der Waals surface area contributed by atoms with Crippen LogP contribution in [0.4, 0.5) is 0 Å². The van der Waals surface area contributed by atoms with Gasteiger partial charge in [-0.05, 0) is 32.0 Å². The van der Waals surface area contributed by atoms with E-state index in [9.17, 15) is 4.79 Å². The summed E-state index contributed by atoms with van der Waals surface area (Å²) in [6.07, 6.45) is 2.26. The zero-order valence-corrected chi connectivity index (χ0v) is 15.8. The lowest BCUT2D eigenvalue weighted by Gasteiger charge is -2.33. The molecule has 0 saturated carbocycles. The van der Waals surface area contributed by atoms with Crippen molar-refractivity contribution in [1.29, 1.82) is 0 Å². The molecule has 1 N–H and O–H groups in total. The fourth-order valence-electron chi connectivity index (χ4n) is 3.76. The van der Waals surface area contributed by atoms with Gasteiger partial charge in [0.25, 0.3) is 0 Å². The van der Waals surface area contributed by atoms with Gasteiger partial charge >= 0.3 is 0 Å². The van der Waals surface area contributed by atoms with Crippen molar-refractivity contribution in [3.8, 4) is 0 Å². The van der Waals surface area contributed by atoms with E-state index in [0.29, 0.717) is 6.42 Å². The highest BCUT2D eigenvalue weighted by atomic mass is 16.1. The van der Waals surface area contributed by atoms with Crippen molar-refractivity contribution in [3.63, 3.8) is 0 Å². The molecule has 0 radical (unpaired) electrons. The first kappa shape index (κ1) is 17.7. The molecule has 3 aromatic rings. The number of amides is 1. The summed E-state index contributed by atoms with van der Waals surface area (Å²) in [4.78, 5) is 19.4. The molecule has 1 aliphatic rings. The first-order valence-electron chi connectivity index (χ1n) is 9.47. The Kier molecular flexibility index (Phi) is 4.90. The Balaban J connectivity index is 1.51. The van der Waals surface area contributed by atoms with Crippen molar-refractivity contribution in [3.05, 3.63) is 60.0 Å². The second kappa shape index (κ2) is 7.48. The first-order chi connectivity index (χ1) is 13.1. The highest BCUT2D eigenvalue weighted by molar-refractivity contribution is 5.78. The number of carbonyl (C=O) groups is 1. The lowest BCUT2D eigenvalue weighted by molar-refractivity contribution is -0.122. The van der Waals surface area contributed by atoms with Gasteiger partial charge < -0.3 is 5.32 Å². The molecule has 1 atom stereocenters. The molecule has 6 heteroatoms. The molecule has 4 rings (SSSR count). The highest BCUT2D eigenvalue weighted by Gasteiger charge is 2.27. The van der Waals surface area contributed by atoms with Crippen LogP contribution in [-0.2, 0) is 17.9 Å². The van der Waals surface area contributed by atoms with Crippen LogP contribution in [0.1, 0.15) is 37.7 Å². The smallest absolute Gasteiger partial charge is 0.222 e. The summed E-state index contributed by atoms with van der Waals surface area (Å²) in [5.74, 6) is 0.0714. The lowest BCUT2D eigenvalue weighted by atomic mass is 10.1. The average molecular weight is 363 g/mol. The number of nitrogens with zero attached hydrogens (tertiary/aromatic N) is 4. The fraction of sp³-hybridized carbons (Fsp3) is 0.381. The van der Waals surface area contributed by atoms with Crippen LogP contribution in [0, 0.1) is 0 Å². The third-order valence-corrected chi connectivity index (χ3v) is 4.87. The summed E-state index contributed by atoms with van der Waals surface area (Å²) >= 11 is 0. The molecule has 1 amide bonds. The summed E-state index contributed by atoms with van der Waals surface area (Å²) < 4.78 is 2.00. The molecular formula is C21H25N5O. The monoisotopic (exact) mass is 363 g/mol. The number of carbonyl (C=O) groups excluding carboxylic acids is 1. The van der Waals surface area contributed by atoms with Crippen LogP contribution in [-0.4, -0.2) is 38.2 Å². The van der Waals surface area contributed by atoms with Crippen molar-refractivity contribution < 1.29 is 4.79 Å². The second-order valence-corrected chi connectivity index (χ2v) is 7.51. The molecule has 1 unspecified atom stereocenters. The highest BCUT2D eigenvalue weighted by Crippen LogP contribution is 2.24. The summed E-state index contributed by atoms with van der Waals surface area (Å²) in [5.41, 5.74) is 3.21. The number of para-hydroxylation sites is 1. The average Bonchev–Trinajstić information content (AvgIpc) is 3.10. The molecule has 1 aliphatic heterocycles. The number of hydrogen-bond acceptors (Lipinski definition) is 4. The molecule has 0 fully saturated rings. The molecule has 3 heterocycles. The molecule has 0 aliphatic carbocycles. The number of benzene rings is 1. The van der Waals surface area contributed by atoms with Crippen LogP contribution in [0.25, 0.3) is 10.9 Å². The van der Waals surface area contributed by atoms with Gasteiger partial charge in [-0.2, -0.15) is 5.10 Å². The molecule has 1 aromatic carbocycles. The fourth-order valence-corrected chi connectivity index (χ4v) is 3.76. The third-order valence-electron chi connectivity index (χ3n) is 4.87. The van der Waals surface area contributed by atoms with Gasteiger partial charge in [0.1, 0.15) is 0 Å². The van der Waals surface area contributed by atoms with Gasteiger partial charge in [0, 0.05) is 37.3 Å². The lowest BCUT2D eigenvalue weighted by Crippen LogP contribution is -2.40. The van der Waals surface area contributed by atoms with E-state index >= 15 is 0 Å². The molecule has 140 valence electrons. The minimum absolute atomic E-state index is 0.0444. The number of aromatic nitrogens is 3. The van der Waals surface area contributed by atoms with E-state index in [4.69, 9.17) is 4.98 Å². The van der Waals surface area contributed by atoms with Gasteiger partial charge in [-0.1, -0.05) is 24.3 Å². The molecule has 0 spiro atoms. The summed E-state index contributed by atoms with van der Waals surface area (Å²) in [6.45, 7) is 6.33. The Morgan fingerprint density at radius 3 is 2.93 bits per heavy atom. The van der Waals surface area contributed by atoms with E-state index in [1.807, 2.05) is 49.0 Å². The summed E-state index contributed by atoms with van der Waals surface area (Å²) in [5, 5.41) is 8.59. The Hall–Kier alpha value is -2.73. The van der Waals surface area contributed by atoms with Crippen LogP contribution < -0.4 is 5.32 Å². The maximum absolute atomic E-state index is 12.3. The van der Waals surface area contributed by atoms with Crippen LogP contribution in [0.5, 0.6) is 0 Å². The Morgan fingerprint density at radius 1 is 1.22 bits per heavy atom. The van der Waals surface area contributed by atoms with E-state index in [1.54, 1.807) is 0 Å². The van der Waals surface area contributed by atoms with Crippen LogP contribution >= 0.6 is 0 Å². The number of nitrogens with one attached hydrogen (secondary N) is 1.